The zero-order valence-corrected chi connectivity index (χ0v) is 15.1. The smallest absolute Gasteiger partial charge is 0.249 e. The van der Waals surface area contributed by atoms with Crippen molar-refractivity contribution in [3.63, 3.8) is 0 Å². The second kappa shape index (κ2) is 6.34. The van der Waals surface area contributed by atoms with Crippen LogP contribution in [0.1, 0.15) is 18.7 Å². The second-order valence-corrected chi connectivity index (χ2v) is 7.47. The van der Waals surface area contributed by atoms with Gasteiger partial charge < -0.3 is 15.2 Å². The second-order valence-electron chi connectivity index (χ2n) is 7.47. The van der Waals surface area contributed by atoms with Gasteiger partial charge in [0, 0.05) is 49.0 Å². The van der Waals surface area contributed by atoms with Crippen molar-refractivity contribution in [3.05, 3.63) is 42.5 Å². The maximum atomic E-state index is 13.0. The molecule has 1 aliphatic carbocycles. The molecule has 2 aromatic heterocycles. The number of halogens is 2. The van der Waals surface area contributed by atoms with E-state index < -0.39 is 30.6 Å². The third kappa shape index (κ3) is 3.03. The summed E-state index contributed by atoms with van der Waals surface area (Å²) in [6.07, 6.45) is 2.78. The first-order valence-electron chi connectivity index (χ1n) is 9.32. The molecule has 6 nitrogen and oxygen atoms in total. The van der Waals surface area contributed by atoms with Gasteiger partial charge in [0.05, 0.1) is 18.4 Å². The molecule has 2 N–H and O–H groups in total. The van der Waals surface area contributed by atoms with E-state index in [1.54, 1.807) is 12.3 Å². The number of alkyl halides is 2. The van der Waals surface area contributed by atoms with Gasteiger partial charge in [-0.1, -0.05) is 12.1 Å². The molecule has 3 aromatic rings. The number of hydrogen-bond acceptors (Lipinski definition) is 4. The van der Waals surface area contributed by atoms with E-state index in [1.807, 2.05) is 24.4 Å². The van der Waals surface area contributed by atoms with Crippen LogP contribution in [0.25, 0.3) is 22.0 Å². The van der Waals surface area contributed by atoms with Gasteiger partial charge in [-0.3, -0.25) is 4.79 Å². The molecule has 0 radical (unpaired) electrons. The van der Waals surface area contributed by atoms with Gasteiger partial charge in [-0.15, -0.1) is 0 Å². The standard InChI is InChI=1S/C20H19F2N5O/c21-20(22)7-15(8-20)19(28)26-17-6-14-5-12(1-2-13(14)9-24-17)16-10-25-18-11-23-3-4-27(16)18/h1-2,5-6,9-10,15,23H,3-4,7-8,11H2,(H,24,26,28). The molecule has 144 valence electrons. The van der Waals surface area contributed by atoms with Crippen molar-refractivity contribution in [2.75, 3.05) is 11.9 Å². The summed E-state index contributed by atoms with van der Waals surface area (Å²) in [6, 6.07) is 7.83. The van der Waals surface area contributed by atoms with Crippen LogP contribution in [0.15, 0.2) is 36.7 Å². The van der Waals surface area contributed by atoms with E-state index in [2.05, 4.69) is 25.2 Å². The number of aromatic nitrogens is 3. The number of amides is 1. The van der Waals surface area contributed by atoms with E-state index in [0.29, 0.717) is 5.82 Å². The van der Waals surface area contributed by atoms with Crippen LogP contribution in [0.4, 0.5) is 14.6 Å². The minimum Gasteiger partial charge on any atom is -0.326 e. The van der Waals surface area contributed by atoms with Crippen LogP contribution in [0.3, 0.4) is 0 Å². The van der Waals surface area contributed by atoms with Gasteiger partial charge in [0.1, 0.15) is 11.6 Å². The number of pyridine rings is 1. The lowest BCUT2D eigenvalue weighted by atomic mass is 9.81. The SMILES string of the molecule is O=C(Nc1cc2cc(-c3cnc4n3CCNC4)ccc2cn1)C1CC(F)(F)C1. The Kier molecular flexibility index (Phi) is 3.90. The molecule has 0 unspecified atom stereocenters. The number of carbonyl (C=O) groups is 1. The first-order valence-corrected chi connectivity index (χ1v) is 9.32. The van der Waals surface area contributed by atoms with Crippen molar-refractivity contribution in [3.8, 4) is 11.3 Å². The van der Waals surface area contributed by atoms with E-state index in [4.69, 9.17) is 0 Å². The molecule has 28 heavy (non-hydrogen) atoms. The monoisotopic (exact) mass is 383 g/mol. The van der Waals surface area contributed by atoms with Gasteiger partial charge in [0.15, 0.2) is 0 Å². The zero-order chi connectivity index (χ0) is 19.3. The Hall–Kier alpha value is -2.87. The lowest BCUT2D eigenvalue weighted by molar-refractivity contribution is -0.145. The fourth-order valence-corrected chi connectivity index (χ4v) is 3.87. The van der Waals surface area contributed by atoms with Gasteiger partial charge in [0.25, 0.3) is 0 Å². The molecule has 5 rings (SSSR count). The number of carbonyl (C=O) groups excluding carboxylic acids is 1. The number of benzene rings is 1. The van der Waals surface area contributed by atoms with E-state index >= 15 is 0 Å². The topological polar surface area (TPSA) is 71.8 Å². The summed E-state index contributed by atoms with van der Waals surface area (Å²) < 4.78 is 28.2. The number of fused-ring (bicyclic) bond motifs is 2. The summed E-state index contributed by atoms with van der Waals surface area (Å²) in [6.45, 7) is 2.53. The third-order valence-corrected chi connectivity index (χ3v) is 5.46. The summed E-state index contributed by atoms with van der Waals surface area (Å²) in [5.41, 5.74) is 2.09. The van der Waals surface area contributed by atoms with Crippen molar-refractivity contribution < 1.29 is 13.6 Å². The number of rotatable bonds is 3. The van der Waals surface area contributed by atoms with Gasteiger partial charge >= 0.3 is 0 Å². The quantitative estimate of drug-likeness (QED) is 0.729. The average Bonchev–Trinajstić information content (AvgIpc) is 3.09. The van der Waals surface area contributed by atoms with Crippen LogP contribution < -0.4 is 10.6 Å². The van der Waals surface area contributed by atoms with E-state index in [9.17, 15) is 13.6 Å². The minimum atomic E-state index is -2.71. The molecule has 3 heterocycles. The van der Waals surface area contributed by atoms with Crippen molar-refractivity contribution in [1.82, 2.24) is 19.9 Å². The number of imidazole rings is 1. The Morgan fingerprint density at radius 1 is 1.18 bits per heavy atom. The predicted octanol–water partition coefficient (Wildman–Crippen LogP) is 3.19. The highest BCUT2D eigenvalue weighted by molar-refractivity contribution is 5.95. The molecule has 0 bridgehead atoms. The Morgan fingerprint density at radius 3 is 2.86 bits per heavy atom. The van der Waals surface area contributed by atoms with Crippen LogP contribution in [0.5, 0.6) is 0 Å². The van der Waals surface area contributed by atoms with Crippen molar-refractivity contribution in [1.29, 1.82) is 0 Å². The lowest BCUT2D eigenvalue weighted by Gasteiger charge is -2.33. The van der Waals surface area contributed by atoms with Crippen LogP contribution in [-0.2, 0) is 17.9 Å². The van der Waals surface area contributed by atoms with Crippen LogP contribution >= 0.6 is 0 Å². The molecule has 2 aliphatic rings. The van der Waals surface area contributed by atoms with Crippen molar-refractivity contribution in [2.24, 2.45) is 5.92 Å². The van der Waals surface area contributed by atoms with Gasteiger partial charge in [-0.25, -0.2) is 18.7 Å². The van der Waals surface area contributed by atoms with Crippen molar-refractivity contribution >= 4 is 22.5 Å². The highest BCUT2D eigenvalue weighted by Gasteiger charge is 2.48. The molecule has 1 saturated carbocycles. The van der Waals surface area contributed by atoms with Crippen LogP contribution in [-0.4, -0.2) is 32.9 Å². The highest BCUT2D eigenvalue weighted by Crippen LogP contribution is 2.42. The Bertz CT molecular complexity index is 1070. The lowest BCUT2D eigenvalue weighted by Crippen LogP contribution is -2.42. The minimum absolute atomic E-state index is 0.379. The van der Waals surface area contributed by atoms with Crippen LogP contribution in [0.2, 0.25) is 0 Å². The zero-order valence-electron chi connectivity index (χ0n) is 15.1. The molecule has 1 amide bonds. The average molecular weight is 383 g/mol. The molecule has 1 aromatic carbocycles. The summed E-state index contributed by atoms with van der Waals surface area (Å²) in [7, 11) is 0. The number of nitrogens with zero attached hydrogens (tertiary/aromatic N) is 3. The summed E-state index contributed by atoms with van der Waals surface area (Å²) in [5.74, 6) is -2.36. The van der Waals surface area contributed by atoms with E-state index in [0.717, 1.165) is 47.5 Å². The summed E-state index contributed by atoms with van der Waals surface area (Å²) in [5, 5.41) is 7.84. The summed E-state index contributed by atoms with van der Waals surface area (Å²) in [4.78, 5) is 20.9. The first kappa shape index (κ1) is 17.2. The first-order chi connectivity index (χ1) is 13.5. The molecule has 0 saturated heterocycles. The molecule has 1 fully saturated rings. The van der Waals surface area contributed by atoms with Gasteiger partial charge in [-0.05, 0) is 17.5 Å². The largest absolute Gasteiger partial charge is 0.326 e. The molecular weight excluding hydrogens is 364 g/mol. The molecule has 0 spiro atoms. The molecular formula is C20H19F2N5O. The predicted molar refractivity (Wildman–Crippen MR) is 101 cm³/mol. The highest BCUT2D eigenvalue weighted by atomic mass is 19.3. The van der Waals surface area contributed by atoms with Crippen molar-refractivity contribution in [2.45, 2.75) is 31.9 Å². The Balaban J connectivity index is 1.42. The molecule has 8 heteroatoms. The van der Waals surface area contributed by atoms with Gasteiger partial charge in [-0.2, -0.15) is 0 Å². The Morgan fingerprint density at radius 2 is 2.04 bits per heavy atom. The van der Waals surface area contributed by atoms with E-state index in [-0.39, 0.29) is 0 Å². The third-order valence-electron chi connectivity index (χ3n) is 5.46. The van der Waals surface area contributed by atoms with Gasteiger partial charge in [0.2, 0.25) is 11.8 Å². The summed E-state index contributed by atoms with van der Waals surface area (Å²) >= 11 is 0. The fourth-order valence-electron chi connectivity index (χ4n) is 3.87. The number of anilines is 1. The van der Waals surface area contributed by atoms with Crippen LogP contribution in [0, 0.1) is 5.92 Å². The maximum absolute atomic E-state index is 13.0. The molecule has 0 atom stereocenters. The Labute approximate surface area is 160 Å². The number of hydrogen-bond donors (Lipinski definition) is 2. The normalized spacial score (nSPS) is 18.5. The fraction of sp³-hybridized carbons (Fsp3) is 0.350. The maximum Gasteiger partial charge on any atom is 0.249 e. The van der Waals surface area contributed by atoms with E-state index in [1.165, 1.54) is 0 Å². The number of nitrogens with one attached hydrogen (secondary N) is 2. The molecule has 1 aliphatic heterocycles.